The van der Waals surface area contributed by atoms with Crippen LogP contribution in [0, 0.1) is 0 Å². The number of thiazole rings is 1. The molecule has 2 rings (SSSR count). The topological polar surface area (TPSA) is 51.2 Å². The number of nitrogens with one attached hydrogen (secondary N) is 1. The molecule has 1 aromatic carbocycles. The number of amides is 1. The number of aromatic nitrogens is 1. The Balaban J connectivity index is 2.04. The Labute approximate surface area is 116 Å². The maximum atomic E-state index is 11.6. The van der Waals surface area contributed by atoms with Crippen LogP contribution in [0.15, 0.2) is 35.7 Å². The first-order valence-electron chi connectivity index (χ1n) is 5.95. The quantitative estimate of drug-likeness (QED) is 0.896. The van der Waals surface area contributed by atoms with Crippen LogP contribution in [0.1, 0.15) is 20.8 Å². The molecule has 1 aromatic heterocycles. The Hall–Kier alpha value is -1.88. The first kappa shape index (κ1) is 13.5. The SMILES string of the molecule is CC(C)(C)OC(=O)Nc1csc(-c2ccccc2)n1. The van der Waals surface area contributed by atoms with E-state index in [4.69, 9.17) is 4.74 Å². The van der Waals surface area contributed by atoms with Gasteiger partial charge in [-0.15, -0.1) is 11.3 Å². The second kappa shape index (κ2) is 5.40. The molecule has 0 aliphatic carbocycles. The third-order valence-electron chi connectivity index (χ3n) is 2.15. The summed E-state index contributed by atoms with van der Waals surface area (Å²) in [6, 6.07) is 9.83. The average molecular weight is 276 g/mol. The molecule has 0 spiro atoms. The summed E-state index contributed by atoms with van der Waals surface area (Å²) in [6.45, 7) is 5.47. The van der Waals surface area contributed by atoms with E-state index in [1.165, 1.54) is 11.3 Å². The average Bonchev–Trinajstić information content (AvgIpc) is 2.76. The summed E-state index contributed by atoms with van der Waals surface area (Å²) in [7, 11) is 0. The molecule has 19 heavy (non-hydrogen) atoms. The smallest absolute Gasteiger partial charge is 0.413 e. The van der Waals surface area contributed by atoms with Crippen molar-refractivity contribution in [2.45, 2.75) is 26.4 Å². The Morgan fingerprint density at radius 1 is 1.26 bits per heavy atom. The highest BCUT2D eigenvalue weighted by atomic mass is 32.1. The zero-order chi connectivity index (χ0) is 13.9. The lowest BCUT2D eigenvalue weighted by molar-refractivity contribution is 0.0635. The third-order valence-corrected chi connectivity index (χ3v) is 3.05. The zero-order valence-corrected chi connectivity index (χ0v) is 12.0. The summed E-state index contributed by atoms with van der Waals surface area (Å²) in [5.41, 5.74) is 0.521. The highest BCUT2D eigenvalue weighted by Crippen LogP contribution is 2.25. The number of hydrogen-bond donors (Lipinski definition) is 1. The summed E-state index contributed by atoms with van der Waals surface area (Å²) in [4.78, 5) is 16.0. The molecule has 0 radical (unpaired) electrons. The van der Waals surface area contributed by atoms with Crippen molar-refractivity contribution in [3.63, 3.8) is 0 Å². The van der Waals surface area contributed by atoms with Crippen molar-refractivity contribution in [1.29, 1.82) is 0 Å². The summed E-state index contributed by atoms with van der Waals surface area (Å²) in [5, 5.41) is 5.29. The first-order chi connectivity index (χ1) is 8.94. The third kappa shape index (κ3) is 4.06. The molecule has 0 saturated heterocycles. The lowest BCUT2D eigenvalue weighted by atomic mass is 10.2. The molecule has 100 valence electrons. The molecule has 0 fully saturated rings. The predicted octanol–water partition coefficient (Wildman–Crippen LogP) is 4.16. The standard InChI is InChI=1S/C14H16N2O2S/c1-14(2,3)18-13(17)16-11-9-19-12(15-11)10-7-5-4-6-8-10/h4-9H,1-3H3,(H,16,17). The van der Waals surface area contributed by atoms with E-state index in [0.29, 0.717) is 5.82 Å². The molecule has 0 atom stereocenters. The second-order valence-electron chi connectivity index (χ2n) is 5.03. The van der Waals surface area contributed by atoms with Crippen LogP contribution in [0.5, 0.6) is 0 Å². The fourth-order valence-corrected chi connectivity index (χ4v) is 2.21. The summed E-state index contributed by atoms with van der Waals surface area (Å²) in [6.07, 6.45) is -0.489. The zero-order valence-electron chi connectivity index (χ0n) is 11.1. The van der Waals surface area contributed by atoms with E-state index in [-0.39, 0.29) is 0 Å². The van der Waals surface area contributed by atoms with Gasteiger partial charge in [0.2, 0.25) is 0 Å². The summed E-state index contributed by atoms with van der Waals surface area (Å²) >= 11 is 1.48. The molecule has 0 bridgehead atoms. The summed E-state index contributed by atoms with van der Waals surface area (Å²) < 4.78 is 5.17. The fraction of sp³-hybridized carbons (Fsp3) is 0.286. The molecule has 4 nitrogen and oxygen atoms in total. The lowest BCUT2D eigenvalue weighted by Crippen LogP contribution is -2.27. The van der Waals surface area contributed by atoms with Gasteiger partial charge < -0.3 is 4.74 Å². The van der Waals surface area contributed by atoms with Crippen molar-refractivity contribution in [3.05, 3.63) is 35.7 Å². The second-order valence-corrected chi connectivity index (χ2v) is 5.89. The van der Waals surface area contributed by atoms with Gasteiger partial charge in [0.05, 0.1) is 0 Å². The van der Waals surface area contributed by atoms with Crippen LogP contribution in [0.2, 0.25) is 0 Å². The van der Waals surface area contributed by atoms with Crippen LogP contribution in [0.4, 0.5) is 10.6 Å². The van der Waals surface area contributed by atoms with Gasteiger partial charge in [-0.25, -0.2) is 9.78 Å². The van der Waals surface area contributed by atoms with Crippen LogP contribution in [0.25, 0.3) is 10.6 Å². The van der Waals surface area contributed by atoms with Gasteiger partial charge >= 0.3 is 6.09 Å². The van der Waals surface area contributed by atoms with E-state index in [1.807, 2.05) is 51.1 Å². The Kier molecular flexibility index (Phi) is 3.85. The van der Waals surface area contributed by atoms with Gasteiger partial charge in [-0.3, -0.25) is 5.32 Å². The predicted molar refractivity (Wildman–Crippen MR) is 77.4 cm³/mol. The van der Waals surface area contributed by atoms with E-state index in [1.54, 1.807) is 5.38 Å². The molecule has 2 aromatic rings. The molecule has 0 aliphatic rings. The van der Waals surface area contributed by atoms with Gasteiger partial charge in [0.15, 0.2) is 0 Å². The molecule has 1 amide bonds. The number of carbonyl (C=O) groups excluding carboxylic acids is 1. The van der Waals surface area contributed by atoms with E-state index in [9.17, 15) is 4.79 Å². The largest absolute Gasteiger partial charge is 0.444 e. The minimum atomic E-state index is -0.512. The van der Waals surface area contributed by atoms with Crippen molar-refractivity contribution in [1.82, 2.24) is 4.98 Å². The number of hydrogen-bond acceptors (Lipinski definition) is 4. The number of carbonyl (C=O) groups is 1. The van der Waals surface area contributed by atoms with Gasteiger partial charge in [0, 0.05) is 10.9 Å². The van der Waals surface area contributed by atoms with Gasteiger partial charge in [0.1, 0.15) is 16.4 Å². The van der Waals surface area contributed by atoms with Gasteiger partial charge in [-0.1, -0.05) is 30.3 Å². The minimum Gasteiger partial charge on any atom is -0.444 e. The van der Waals surface area contributed by atoms with E-state index < -0.39 is 11.7 Å². The molecule has 0 unspecified atom stereocenters. The number of rotatable bonds is 2. The Morgan fingerprint density at radius 2 is 1.95 bits per heavy atom. The van der Waals surface area contributed by atoms with Crippen molar-refractivity contribution >= 4 is 23.2 Å². The van der Waals surface area contributed by atoms with Crippen LogP contribution in [0.3, 0.4) is 0 Å². The van der Waals surface area contributed by atoms with Gasteiger partial charge in [-0.05, 0) is 20.8 Å². The number of benzene rings is 1. The minimum absolute atomic E-state index is 0.489. The van der Waals surface area contributed by atoms with E-state index in [0.717, 1.165) is 10.6 Å². The van der Waals surface area contributed by atoms with Crippen molar-refractivity contribution < 1.29 is 9.53 Å². The first-order valence-corrected chi connectivity index (χ1v) is 6.83. The molecule has 0 saturated carbocycles. The highest BCUT2D eigenvalue weighted by molar-refractivity contribution is 7.13. The monoisotopic (exact) mass is 276 g/mol. The number of nitrogens with zero attached hydrogens (tertiary/aromatic N) is 1. The summed E-state index contributed by atoms with van der Waals surface area (Å²) in [5.74, 6) is 0.512. The van der Waals surface area contributed by atoms with Gasteiger partial charge in [-0.2, -0.15) is 0 Å². The maximum Gasteiger partial charge on any atom is 0.413 e. The molecule has 0 aliphatic heterocycles. The highest BCUT2D eigenvalue weighted by Gasteiger charge is 2.17. The van der Waals surface area contributed by atoms with Crippen LogP contribution < -0.4 is 5.32 Å². The van der Waals surface area contributed by atoms with Crippen LogP contribution in [-0.2, 0) is 4.74 Å². The molecular weight excluding hydrogens is 260 g/mol. The van der Waals surface area contributed by atoms with Gasteiger partial charge in [0.25, 0.3) is 0 Å². The number of anilines is 1. The normalized spacial score (nSPS) is 11.1. The number of ether oxygens (including phenoxy) is 1. The maximum absolute atomic E-state index is 11.6. The van der Waals surface area contributed by atoms with Crippen molar-refractivity contribution in [2.75, 3.05) is 5.32 Å². The lowest BCUT2D eigenvalue weighted by Gasteiger charge is -2.19. The van der Waals surface area contributed by atoms with Crippen LogP contribution >= 0.6 is 11.3 Å². The molecule has 5 heteroatoms. The molecule has 1 heterocycles. The van der Waals surface area contributed by atoms with Crippen molar-refractivity contribution in [2.24, 2.45) is 0 Å². The van der Waals surface area contributed by atoms with E-state index >= 15 is 0 Å². The van der Waals surface area contributed by atoms with Crippen LogP contribution in [-0.4, -0.2) is 16.7 Å². The Morgan fingerprint density at radius 3 is 2.58 bits per heavy atom. The van der Waals surface area contributed by atoms with Crippen molar-refractivity contribution in [3.8, 4) is 10.6 Å². The Bertz CT molecular complexity index is 558. The molecular formula is C14H16N2O2S. The van der Waals surface area contributed by atoms with E-state index in [2.05, 4.69) is 10.3 Å². The fourth-order valence-electron chi connectivity index (χ4n) is 1.45. The molecule has 1 N–H and O–H groups in total.